The molecule has 2 aliphatic rings. The number of anilines is 1. The Morgan fingerprint density at radius 3 is 2.41 bits per heavy atom. The Kier molecular flexibility index (Phi) is 27.7. The Labute approximate surface area is 576 Å². The second-order valence-corrected chi connectivity index (χ2v) is 26.1. The van der Waals surface area contributed by atoms with E-state index in [9.17, 15) is 62.6 Å². The molecule has 7 unspecified atom stereocenters. The van der Waals surface area contributed by atoms with Crippen LogP contribution in [-0.2, 0) is 55.4 Å². The van der Waals surface area contributed by atoms with Crippen molar-refractivity contribution in [2.75, 3.05) is 58.5 Å². The highest BCUT2D eigenvalue weighted by atomic mass is 31.3. The minimum absolute atomic E-state index is 0.0209. The third-order valence-corrected chi connectivity index (χ3v) is 17.9. The van der Waals surface area contributed by atoms with Crippen LogP contribution in [0.1, 0.15) is 63.8 Å². The Hall–Kier alpha value is -10.7. The lowest BCUT2D eigenvalue weighted by molar-refractivity contribution is -0.128. The molecule has 1 saturated heterocycles. The number of azide groups is 2. The molecule has 536 valence electrons. The normalized spacial score (nSPS) is 18.1. The number of carbonyl (C=O) groups is 5. The van der Waals surface area contributed by atoms with E-state index in [1.165, 1.54) is 42.5 Å². The zero-order valence-electron chi connectivity index (χ0n) is 53.5. The maximum absolute atomic E-state index is 13.8. The number of carbonyl (C=O) groups excluding carboxylic acids is 5. The Morgan fingerprint density at radius 2 is 1.63 bits per heavy atom. The van der Waals surface area contributed by atoms with E-state index in [4.69, 9.17) is 48.8 Å². The van der Waals surface area contributed by atoms with Crippen molar-refractivity contribution in [1.82, 2.24) is 41.1 Å². The molecule has 0 radical (unpaired) electrons. The van der Waals surface area contributed by atoms with E-state index < -0.39 is 122 Å². The fraction of sp³-hybridized carbons (Fsp3) is 0.295. The van der Waals surface area contributed by atoms with Crippen LogP contribution >= 0.6 is 23.5 Å². The van der Waals surface area contributed by atoms with Gasteiger partial charge in [-0.05, 0) is 103 Å². The molecular weight excluding hydrogens is 1400 g/mol. The molecule has 0 spiro atoms. The van der Waals surface area contributed by atoms with Gasteiger partial charge >= 0.3 is 34.8 Å². The lowest BCUT2D eigenvalue weighted by atomic mass is 10.1. The van der Waals surface area contributed by atoms with Crippen LogP contribution in [0, 0.1) is 18.8 Å². The molecule has 102 heavy (non-hydrogen) atoms. The van der Waals surface area contributed by atoms with Crippen LogP contribution in [0.15, 0.2) is 162 Å². The van der Waals surface area contributed by atoms with E-state index in [2.05, 4.69) is 81.6 Å². The average Bonchev–Trinajstić information content (AvgIpc) is 1.65. The molecule has 1 aliphatic heterocycles. The standard InChI is InChI=1S/C61H64N15O23P3/c1-37-17-19-39-28-44(60(82)97-48(39)26-37)59-71-45-29-41(20-21-47(45)96-59)57(80)70-46(31-68-51(77)22-18-38-12-6-3-2-4-7-13-38)58(81)67-24-9-5-8-23-66-56(79)40-14-10-16-43(27-40)91-35-53(73-75-64)92-34-52(78)65-25-11-15-42-32-76(61(83)72-55(42)62)54-30-49(93-36-69-74-63)50(95-54)33-94-101(87,88)99-102(89,90)98-100(84,85)86/h2-4,6-7,10,12-14,16-22,26-29,32,46,49-50,53-54H,5,8-9,23-25,30-31,33-36H2,1H3,(H,65,78)(H,66,79)(H,67,81)(H,68,77)(H,70,80)(H,87,88)(H,89,90)(H2,62,72,83)(H2,84,85,86)/b3-2+,4-2?,6-3?,7-4-,12-6+,13-7?,22-18+,38-12?,38-13+. The Bertz CT molecular complexity index is 4740. The van der Waals surface area contributed by atoms with Gasteiger partial charge < -0.3 is 79.7 Å². The summed E-state index contributed by atoms with van der Waals surface area (Å²) in [4.78, 5) is 143. The van der Waals surface area contributed by atoms with Crippen molar-refractivity contribution in [2.24, 2.45) is 10.2 Å². The fourth-order valence-electron chi connectivity index (χ4n) is 9.37. The minimum atomic E-state index is -5.87. The topological polar surface area (TPSA) is 557 Å². The summed E-state index contributed by atoms with van der Waals surface area (Å²) in [6.07, 6.45) is 12.8. The first kappa shape index (κ1) is 77.1. The molecule has 1 aliphatic carbocycles. The fourth-order valence-corrected chi connectivity index (χ4v) is 12.4. The maximum Gasteiger partial charge on any atom is 0.490 e. The van der Waals surface area contributed by atoms with Gasteiger partial charge in [0.2, 0.25) is 23.6 Å². The highest BCUT2D eigenvalue weighted by Crippen LogP contribution is 2.66. The summed E-state index contributed by atoms with van der Waals surface area (Å²) in [5.74, 6) is 2.06. The third-order valence-electron chi connectivity index (χ3n) is 14.1. The number of amides is 5. The number of aryl methyl sites for hydroxylation is 1. The number of benzene rings is 3. The summed E-state index contributed by atoms with van der Waals surface area (Å²) in [7, 11) is -17.2. The number of rotatable bonds is 34. The largest absolute Gasteiger partial charge is 0.491 e. The number of ether oxygens (including phenoxy) is 4. The molecule has 0 saturated carbocycles. The number of aromatic nitrogens is 3. The van der Waals surface area contributed by atoms with Crippen molar-refractivity contribution in [2.45, 2.75) is 63.3 Å². The van der Waals surface area contributed by atoms with Crippen molar-refractivity contribution >= 4 is 80.9 Å². The van der Waals surface area contributed by atoms with E-state index in [0.717, 1.165) is 21.9 Å². The zero-order chi connectivity index (χ0) is 73.4. The van der Waals surface area contributed by atoms with E-state index >= 15 is 0 Å². The monoisotopic (exact) mass is 1470 g/mol. The molecule has 0 bridgehead atoms. The highest BCUT2D eigenvalue weighted by Gasteiger charge is 2.44. The lowest BCUT2D eigenvalue weighted by Gasteiger charge is -2.21. The number of unbranched alkanes of at least 4 members (excludes halogenated alkanes) is 2. The predicted octanol–water partition coefficient (Wildman–Crippen LogP) is 5.63. The molecule has 3 aromatic carbocycles. The molecule has 8 rings (SSSR count). The zero-order valence-corrected chi connectivity index (χ0v) is 56.2. The van der Waals surface area contributed by atoms with E-state index in [1.807, 2.05) is 43.4 Å². The van der Waals surface area contributed by atoms with Gasteiger partial charge in [-0.1, -0.05) is 82.8 Å². The van der Waals surface area contributed by atoms with Crippen molar-refractivity contribution < 1.29 is 98.2 Å². The molecule has 6 aromatic rings. The van der Waals surface area contributed by atoms with E-state index in [0.29, 0.717) is 30.2 Å². The van der Waals surface area contributed by atoms with Crippen LogP contribution in [0.25, 0.3) is 54.4 Å². The van der Waals surface area contributed by atoms with Crippen LogP contribution in [0.3, 0.4) is 0 Å². The predicted molar refractivity (Wildman–Crippen MR) is 359 cm³/mol. The SMILES string of the molecule is Cc1ccc2cc(-c3nc4cc(C(=O)NC(CNC(=O)/C=C/C5=C/C=C\C=C\C=C\5)C(=O)NCCCCCNC(=O)c5cccc(OCC(N=[N+]=[N-])OCC(=O)NCC#Cc6cn(C7CC(OCN=[N+]=[N-])C(COP(=O)(O)OP(=O)(O)OP(=O)(O)O)O7)c(=O)nc6N)c5)ccc4o3)c(=O)oc2c1. The molecule has 11 N–H and O–H groups in total. The summed E-state index contributed by atoms with van der Waals surface area (Å²) >= 11 is 0. The van der Waals surface area contributed by atoms with Gasteiger partial charge in [0.05, 0.1) is 24.8 Å². The second kappa shape index (κ2) is 36.6. The molecule has 1 fully saturated rings. The molecule has 41 heteroatoms. The van der Waals surface area contributed by atoms with Crippen molar-refractivity contribution in [3.05, 3.63) is 197 Å². The maximum atomic E-state index is 13.8. The Morgan fingerprint density at radius 1 is 0.853 bits per heavy atom. The molecular formula is C61H64N15O23P3. The lowest BCUT2D eigenvalue weighted by Crippen LogP contribution is -2.52. The third kappa shape index (κ3) is 24.0. The number of allylic oxidation sites excluding steroid dienone is 9. The molecule has 5 amide bonds. The van der Waals surface area contributed by atoms with Gasteiger partial charge in [-0.3, -0.25) is 33.1 Å². The van der Waals surface area contributed by atoms with Crippen LogP contribution in [0.4, 0.5) is 5.82 Å². The highest BCUT2D eigenvalue weighted by molar-refractivity contribution is 7.66. The van der Waals surface area contributed by atoms with Gasteiger partial charge in [-0.2, -0.15) is 13.6 Å². The Balaban J connectivity index is 0.771. The summed E-state index contributed by atoms with van der Waals surface area (Å²) in [5.41, 5.74) is 25.1. The number of phosphoric ester groups is 1. The average molecular weight is 1470 g/mol. The van der Waals surface area contributed by atoms with Gasteiger partial charge in [0.25, 0.3) is 11.8 Å². The molecule has 38 nitrogen and oxygen atoms in total. The van der Waals surface area contributed by atoms with Gasteiger partial charge in [-0.15, -0.1) is 0 Å². The van der Waals surface area contributed by atoms with Crippen LogP contribution in [-0.4, -0.2) is 141 Å². The van der Waals surface area contributed by atoms with E-state index in [-0.39, 0.29) is 83.4 Å². The molecule has 7 atom stereocenters. The number of nitrogens with zero attached hydrogens (tertiary/aromatic N) is 9. The summed E-state index contributed by atoms with van der Waals surface area (Å²) < 4.78 is 81.9. The van der Waals surface area contributed by atoms with Gasteiger partial charge in [0.15, 0.2) is 11.8 Å². The van der Waals surface area contributed by atoms with Crippen molar-refractivity contribution in [1.29, 1.82) is 0 Å². The second-order valence-electron chi connectivity index (χ2n) is 21.6. The number of phosphoric acid groups is 3. The van der Waals surface area contributed by atoms with Gasteiger partial charge in [0.1, 0.15) is 66.5 Å². The van der Waals surface area contributed by atoms with Crippen LogP contribution in [0.2, 0.25) is 0 Å². The number of oxazole rings is 1. The molecule has 3 aromatic heterocycles. The van der Waals surface area contributed by atoms with Crippen molar-refractivity contribution in [3.63, 3.8) is 0 Å². The summed E-state index contributed by atoms with van der Waals surface area (Å²) in [6, 6.07) is 16.2. The summed E-state index contributed by atoms with van der Waals surface area (Å²) in [5, 5.41) is 20.8. The summed E-state index contributed by atoms with van der Waals surface area (Å²) in [6.45, 7) is -1.00. The van der Waals surface area contributed by atoms with Crippen molar-refractivity contribution in [3.8, 4) is 29.0 Å². The number of nitrogens with two attached hydrogens (primary N) is 1. The number of nitrogens with one attached hydrogen (secondary N) is 5. The number of fused-ring (bicyclic) bond motifs is 2. The van der Waals surface area contributed by atoms with Gasteiger partial charge in [-0.25, -0.2) is 28.3 Å². The van der Waals surface area contributed by atoms with Crippen LogP contribution < -0.4 is 48.4 Å². The van der Waals surface area contributed by atoms with Gasteiger partial charge in [0, 0.05) is 64.7 Å². The number of hydrogen-bond donors (Lipinski definition) is 10. The first-order valence-corrected chi connectivity index (χ1v) is 34.9. The number of hydrogen-bond acceptors (Lipinski definition) is 24. The smallest absolute Gasteiger partial charge is 0.490 e. The van der Waals surface area contributed by atoms with E-state index in [1.54, 1.807) is 42.5 Å². The first-order chi connectivity index (χ1) is 48.7. The number of nitrogen functional groups attached to an aromatic ring is 1. The first-order valence-electron chi connectivity index (χ1n) is 30.3. The minimum Gasteiger partial charge on any atom is -0.491 e. The van der Waals surface area contributed by atoms with Crippen LogP contribution in [0.5, 0.6) is 5.75 Å². The molecule has 4 heterocycles. The quantitative estimate of drug-likeness (QED) is 0.00342.